The first kappa shape index (κ1) is 13.3. The standard InChI is InChI=1S/C14H25F2N/c1-12(2)5-3-4-11(10-12)13(17)6-8-14(15,16)9-7-13/h11H,3-10,17H2,1-2H3. The fourth-order valence-electron chi connectivity index (χ4n) is 3.68. The molecule has 0 heterocycles. The molecule has 0 aliphatic heterocycles. The molecule has 3 heteroatoms. The molecule has 0 bridgehead atoms. The minimum atomic E-state index is -2.47. The Balaban J connectivity index is 2.02. The molecule has 0 radical (unpaired) electrons. The van der Waals surface area contributed by atoms with Crippen molar-refractivity contribution in [3.8, 4) is 0 Å². The van der Waals surface area contributed by atoms with Crippen LogP contribution in [0.25, 0.3) is 0 Å². The predicted octanol–water partition coefficient (Wildman–Crippen LogP) is 4.11. The van der Waals surface area contributed by atoms with Gasteiger partial charge >= 0.3 is 0 Å². The zero-order chi connectivity index (χ0) is 12.7. The Morgan fingerprint density at radius 1 is 1.00 bits per heavy atom. The molecule has 2 aliphatic carbocycles. The van der Waals surface area contributed by atoms with E-state index in [9.17, 15) is 8.78 Å². The van der Waals surface area contributed by atoms with E-state index >= 15 is 0 Å². The van der Waals surface area contributed by atoms with Gasteiger partial charge in [0.05, 0.1) is 0 Å². The summed E-state index contributed by atoms with van der Waals surface area (Å²) in [4.78, 5) is 0. The summed E-state index contributed by atoms with van der Waals surface area (Å²) in [5.74, 6) is -2.02. The second-order valence-corrected chi connectivity index (χ2v) is 7.05. The Kier molecular flexibility index (Phi) is 3.26. The van der Waals surface area contributed by atoms with Crippen LogP contribution in [-0.4, -0.2) is 11.5 Å². The summed E-state index contributed by atoms with van der Waals surface area (Å²) in [5.41, 5.74) is 6.47. The molecule has 1 nitrogen and oxygen atoms in total. The Bertz CT molecular complexity index is 276. The number of nitrogens with two attached hydrogens (primary N) is 1. The van der Waals surface area contributed by atoms with Crippen LogP contribution in [0.3, 0.4) is 0 Å². The average Bonchev–Trinajstić information content (AvgIpc) is 2.22. The molecule has 2 saturated carbocycles. The minimum Gasteiger partial charge on any atom is -0.325 e. The van der Waals surface area contributed by atoms with Gasteiger partial charge in [-0.3, -0.25) is 0 Å². The number of halogens is 2. The smallest absolute Gasteiger partial charge is 0.248 e. The van der Waals surface area contributed by atoms with Gasteiger partial charge in [-0.15, -0.1) is 0 Å². The van der Waals surface area contributed by atoms with Crippen molar-refractivity contribution in [1.82, 2.24) is 0 Å². The second-order valence-electron chi connectivity index (χ2n) is 7.05. The van der Waals surface area contributed by atoms with Gasteiger partial charge in [0, 0.05) is 18.4 Å². The molecule has 100 valence electrons. The maximum Gasteiger partial charge on any atom is 0.248 e. The minimum absolute atomic E-state index is 0.0135. The summed E-state index contributed by atoms with van der Waals surface area (Å²) in [5, 5.41) is 0. The van der Waals surface area contributed by atoms with Gasteiger partial charge in [-0.25, -0.2) is 8.78 Å². The Morgan fingerprint density at radius 3 is 2.12 bits per heavy atom. The third kappa shape index (κ3) is 2.98. The number of rotatable bonds is 1. The summed E-state index contributed by atoms with van der Waals surface area (Å²) >= 11 is 0. The van der Waals surface area contributed by atoms with Crippen LogP contribution >= 0.6 is 0 Å². The molecule has 0 amide bonds. The molecule has 2 N–H and O–H groups in total. The maximum atomic E-state index is 13.2. The molecule has 0 aromatic heterocycles. The largest absolute Gasteiger partial charge is 0.325 e. The van der Waals surface area contributed by atoms with Crippen LogP contribution < -0.4 is 5.73 Å². The maximum absolute atomic E-state index is 13.2. The van der Waals surface area contributed by atoms with Crippen LogP contribution in [0.5, 0.6) is 0 Å². The lowest BCUT2D eigenvalue weighted by molar-refractivity contribution is -0.0647. The van der Waals surface area contributed by atoms with Crippen molar-refractivity contribution in [3.63, 3.8) is 0 Å². The second kappa shape index (κ2) is 4.18. The molecule has 1 unspecified atom stereocenters. The van der Waals surface area contributed by atoms with Crippen LogP contribution in [0.2, 0.25) is 0 Å². The van der Waals surface area contributed by atoms with Gasteiger partial charge in [-0.2, -0.15) is 0 Å². The van der Waals surface area contributed by atoms with Crippen LogP contribution in [0, 0.1) is 11.3 Å². The summed E-state index contributed by atoms with van der Waals surface area (Å²) < 4.78 is 26.4. The molecule has 2 aliphatic rings. The molecule has 0 aromatic rings. The van der Waals surface area contributed by atoms with Gasteiger partial charge in [-0.05, 0) is 43.4 Å². The SMILES string of the molecule is CC1(C)CCCC(C2(N)CCC(F)(F)CC2)C1. The Morgan fingerprint density at radius 2 is 1.59 bits per heavy atom. The van der Waals surface area contributed by atoms with Crippen LogP contribution in [0.15, 0.2) is 0 Å². The molecule has 0 spiro atoms. The molecule has 2 rings (SSSR count). The lowest BCUT2D eigenvalue weighted by atomic mass is 9.62. The van der Waals surface area contributed by atoms with Crippen LogP contribution in [-0.2, 0) is 0 Å². The highest BCUT2D eigenvalue weighted by atomic mass is 19.3. The van der Waals surface area contributed by atoms with Crippen molar-refractivity contribution < 1.29 is 8.78 Å². The van der Waals surface area contributed by atoms with E-state index in [4.69, 9.17) is 5.73 Å². The first-order valence-corrected chi connectivity index (χ1v) is 6.89. The summed E-state index contributed by atoms with van der Waals surface area (Å²) in [6, 6.07) is 0. The van der Waals surface area contributed by atoms with E-state index in [1.165, 1.54) is 12.8 Å². The fourth-order valence-corrected chi connectivity index (χ4v) is 3.68. The molecule has 17 heavy (non-hydrogen) atoms. The van der Waals surface area contributed by atoms with Crippen molar-refractivity contribution in [3.05, 3.63) is 0 Å². The molecular formula is C14H25F2N. The topological polar surface area (TPSA) is 26.0 Å². The van der Waals surface area contributed by atoms with E-state index in [0.29, 0.717) is 24.2 Å². The van der Waals surface area contributed by atoms with Gasteiger partial charge in [0.1, 0.15) is 0 Å². The zero-order valence-corrected chi connectivity index (χ0v) is 11.1. The van der Waals surface area contributed by atoms with E-state index in [2.05, 4.69) is 13.8 Å². The number of alkyl halides is 2. The zero-order valence-electron chi connectivity index (χ0n) is 11.1. The van der Waals surface area contributed by atoms with E-state index in [1.54, 1.807) is 0 Å². The Hall–Kier alpha value is -0.180. The third-order valence-electron chi connectivity index (χ3n) is 4.93. The number of hydrogen-bond acceptors (Lipinski definition) is 1. The van der Waals surface area contributed by atoms with Gasteiger partial charge in [0.25, 0.3) is 0 Å². The average molecular weight is 245 g/mol. The lowest BCUT2D eigenvalue weighted by Crippen LogP contribution is -2.53. The van der Waals surface area contributed by atoms with Crippen molar-refractivity contribution in [2.75, 3.05) is 0 Å². The van der Waals surface area contributed by atoms with Crippen LogP contribution in [0.1, 0.15) is 65.2 Å². The van der Waals surface area contributed by atoms with E-state index in [1.807, 2.05) is 0 Å². The summed E-state index contributed by atoms with van der Waals surface area (Å²) in [7, 11) is 0. The third-order valence-corrected chi connectivity index (χ3v) is 4.93. The molecular weight excluding hydrogens is 220 g/mol. The predicted molar refractivity (Wildman–Crippen MR) is 66.1 cm³/mol. The van der Waals surface area contributed by atoms with Gasteiger partial charge < -0.3 is 5.73 Å². The summed E-state index contributed by atoms with van der Waals surface area (Å²) in [6.07, 6.45) is 5.66. The van der Waals surface area contributed by atoms with Crippen molar-refractivity contribution in [1.29, 1.82) is 0 Å². The van der Waals surface area contributed by atoms with Crippen LogP contribution in [0.4, 0.5) is 8.78 Å². The molecule has 2 fully saturated rings. The van der Waals surface area contributed by atoms with E-state index < -0.39 is 5.92 Å². The highest BCUT2D eigenvalue weighted by molar-refractivity contribution is 5.00. The van der Waals surface area contributed by atoms with Crippen molar-refractivity contribution in [2.24, 2.45) is 17.1 Å². The van der Waals surface area contributed by atoms with Gasteiger partial charge in [0.2, 0.25) is 5.92 Å². The quantitative estimate of drug-likeness (QED) is 0.739. The molecule has 0 saturated heterocycles. The monoisotopic (exact) mass is 245 g/mol. The molecule has 0 aromatic carbocycles. The molecule has 1 atom stereocenters. The fraction of sp³-hybridized carbons (Fsp3) is 1.00. The summed E-state index contributed by atoms with van der Waals surface area (Å²) in [6.45, 7) is 4.56. The van der Waals surface area contributed by atoms with Gasteiger partial charge in [0.15, 0.2) is 0 Å². The highest BCUT2D eigenvalue weighted by Crippen LogP contribution is 2.48. The van der Waals surface area contributed by atoms with Gasteiger partial charge in [-0.1, -0.05) is 20.3 Å². The Labute approximate surface area is 103 Å². The number of hydrogen-bond donors (Lipinski definition) is 1. The highest BCUT2D eigenvalue weighted by Gasteiger charge is 2.46. The van der Waals surface area contributed by atoms with E-state index in [0.717, 1.165) is 12.8 Å². The first-order chi connectivity index (χ1) is 7.73. The van der Waals surface area contributed by atoms with Crippen molar-refractivity contribution >= 4 is 0 Å². The lowest BCUT2D eigenvalue weighted by Gasteiger charge is -2.48. The van der Waals surface area contributed by atoms with E-state index in [-0.39, 0.29) is 18.4 Å². The van der Waals surface area contributed by atoms with Crippen molar-refractivity contribution in [2.45, 2.75) is 76.7 Å². The normalized spacial score (nSPS) is 35.5. The first-order valence-electron chi connectivity index (χ1n) is 6.89.